The van der Waals surface area contributed by atoms with Crippen LogP contribution in [0, 0.1) is 46.3 Å². The lowest BCUT2D eigenvalue weighted by Gasteiger charge is -2.61. The molecule has 31 heavy (non-hydrogen) atoms. The van der Waals surface area contributed by atoms with E-state index < -0.39 is 5.60 Å². The van der Waals surface area contributed by atoms with Crippen LogP contribution >= 0.6 is 0 Å². The molecule has 3 unspecified atom stereocenters. The monoisotopic (exact) mass is 428 g/mol. The van der Waals surface area contributed by atoms with E-state index in [4.69, 9.17) is 9.47 Å². The van der Waals surface area contributed by atoms with Crippen molar-refractivity contribution in [2.45, 2.75) is 90.4 Å². The van der Waals surface area contributed by atoms with Gasteiger partial charge in [0.15, 0.2) is 12.1 Å². The first-order chi connectivity index (χ1) is 14.8. The van der Waals surface area contributed by atoms with E-state index in [9.17, 15) is 9.90 Å². The van der Waals surface area contributed by atoms with Gasteiger partial charge in [-0.25, -0.2) is 0 Å². The van der Waals surface area contributed by atoms with Crippen molar-refractivity contribution < 1.29 is 19.4 Å². The van der Waals surface area contributed by atoms with Gasteiger partial charge in [-0.3, -0.25) is 4.79 Å². The Kier molecular flexibility index (Phi) is 4.64. The fraction of sp³-hybridized carbons (Fsp3) is 0.889. The van der Waals surface area contributed by atoms with Crippen molar-refractivity contribution in [3.8, 4) is 0 Å². The van der Waals surface area contributed by atoms with Gasteiger partial charge in [-0.15, -0.1) is 0 Å². The molecule has 4 saturated carbocycles. The standard InChI is InChI=1S/C27H40O4/c1-16-13-18-20(25(2)8-5-17(28)14-21(16)25)6-9-26(3)24(18)19-15-22(19)27(26,29)10-7-23-30-11-4-12-31-23/h14,16,18-20,22-24,29H,4-13,15H2,1-3H3/t16-,18?,19+,20?,22-,24?,25+,26-,27-/m0/s1. The first kappa shape index (κ1) is 20.9. The largest absolute Gasteiger partial charge is 0.389 e. The smallest absolute Gasteiger partial charge is 0.157 e. The summed E-state index contributed by atoms with van der Waals surface area (Å²) in [5.41, 5.74) is 1.08. The minimum absolute atomic E-state index is 0.0121. The molecule has 4 heteroatoms. The molecule has 6 aliphatic rings. The molecular weight excluding hydrogens is 388 g/mol. The number of fused-ring (bicyclic) bond motifs is 7. The van der Waals surface area contributed by atoms with Crippen molar-refractivity contribution in [3.05, 3.63) is 11.6 Å². The number of allylic oxidation sites excluding steroid dienone is 1. The van der Waals surface area contributed by atoms with Crippen LogP contribution in [-0.4, -0.2) is 36.0 Å². The van der Waals surface area contributed by atoms with E-state index in [1.807, 2.05) is 6.08 Å². The number of carbonyl (C=O) groups excluding carboxylic acids is 1. The topological polar surface area (TPSA) is 55.8 Å². The molecule has 0 spiro atoms. The van der Waals surface area contributed by atoms with E-state index in [1.54, 1.807) is 0 Å². The van der Waals surface area contributed by atoms with E-state index >= 15 is 0 Å². The highest BCUT2D eigenvalue weighted by Gasteiger charge is 2.76. The fourth-order valence-electron chi connectivity index (χ4n) is 9.63. The Hall–Kier alpha value is -0.710. The summed E-state index contributed by atoms with van der Waals surface area (Å²) in [6, 6.07) is 0. The molecule has 0 amide bonds. The lowest BCUT2D eigenvalue weighted by molar-refractivity contribution is -0.199. The molecule has 5 aliphatic carbocycles. The van der Waals surface area contributed by atoms with E-state index in [0.717, 1.165) is 51.7 Å². The lowest BCUT2D eigenvalue weighted by Crippen LogP contribution is -2.58. The zero-order valence-corrected chi connectivity index (χ0v) is 19.6. The Balaban J connectivity index is 1.28. The van der Waals surface area contributed by atoms with Gasteiger partial charge in [0, 0.05) is 12.8 Å². The van der Waals surface area contributed by atoms with Crippen molar-refractivity contribution in [1.82, 2.24) is 0 Å². The van der Waals surface area contributed by atoms with Gasteiger partial charge in [0.2, 0.25) is 0 Å². The van der Waals surface area contributed by atoms with Gasteiger partial charge < -0.3 is 14.6 Å². The van der Waals surface area contributed by atoms with E-state index in [0.29, 0.717) is 41.3 Å². The molecule has 0 aromatic heterocycles. The molecule has 5 fully saturated rings. The van der Waals surface area contributed by atoms with Gasteiger partial charge in [-0.2, -0.15) is 0 Å². The van der Waals surface area contributed by atoms with Crippen LogP contribution in [0.15, 0.2) is 11.6 Å². The number of ether oxygens (including phenoxy) is 2. The predicted octanol–water partition coefficient (Wildman–Crippen LogP) is 4.89. The summed E-state index contributed by atoms with van der Waals surface area (Å²) in [6.45, 7) is 8.81. The summed E-state index contributed by atoms with van der Waals surface area (Å²) >= 11 is 0. The summed E-state index contributed by atoms with van der Waals surface area (Å²) in [5.74, 6) is 3.99. The molecule has 1 N–H and O–H groups in total. The molecule has 9 atom stereocenters. The van der Waals surface area contributed by atoms with Crippen LogP contribution in [0.5, 0.6) is 0 Å². The Morgan fingerprint density at radius 1 is 1.10 bits per heavy atom. The normalized spacial score (nSPS) is 53.8. The van der Waals surface area contributed by atoms with E-state index in [1.165, 1.54) is 24.8 Å². The molecule has 4 nitrogen and oxygen atoms in total. The van der Waals surface area contributed by atoms with Crippen LogP contribution in [-0.2, 0) is 14.3 Å². The predicted molar refractivity (Wildman–Crippen MR) is 118 cm³/mol. The van der Waals surface area contributed by atoms with Crippen LogP contribution in [0.4, 0.5) is 0 Å². The van der Waals surface area contributed by atoms with Crippen LogP contribution in [0.25, 0.3) is 0 Å². The van der Waals surface area contributed by atoms with Crippen LogP contribution in [0.2, 0.25) is 0 Å². The highest BCUT2D eigenvalue weighted by molar-refractivity contribution is 5.91. The summed E-state index contributed by atoms with van der Waals surface area (Å²) in [7, 11) is 0. The number of aliphatic hydroxyl groups is 1. The van der Waals surface area contributed by atoms with Gasteiger partial charge in [0.1, 0.15) is 0 Å². The van der Waals surface area contributed by atoms with Crippen LogP contribution in [0.3, 0.4) is 0 Å². The van der Waals surface area contributed by atoms with Crippen molar-refractivity contribution in [1.29, 1.82) is 0 Å². The maximum Gasteiger partial charge on any atom is 0.157 e. The molecule has 1 heterocycles. The highest BCUT2D eigenvalue weighted by atomic mass is 16.7. The van der Waals surface area contributed by atoms with Gasteiger partial charge in [0.25, 0.3) is 0 Å². The molecular formula is C27H40O4. The summed E-state index contributed by atoms with van der Waals surface area (Å²) in [6.07, 6.45) is 11.0. The second-order valence-corrected chi connectivity index (χ2v) is 12.4. The van der Waals surface area contributed by atoms with Crippen molar-refractivity contribution in [2.24, 2.45) is 46.3 Å². The zero-order valence-electron chi connectivity index (χ0n) is 19.6. The third-order valence-corrected chi connectivity index (χ3v) is 11.1. The number of rotatable bonds is 3. The Morgan fingerprint density at radius 3 is 2.61 bits per heavy atom. The average molecular weight is 429 g/mol. The molecule has 0 radical (unpaired) electrons. The maximum atomic E-state index is 12.2. The number of ketones is 1. The third kappa shape index (κ3) is 2.80. The maximum absolute atomic E-state index is 12.2. The highest BCUT2D eigenvalue weighted by Crippen LogP contribution is 2.77. The van der Waals surface area contributed by atoms with Crippen LogP contribution < -0.4 is 0 Å². The third-order valence-electron chi connectivity index (χ3n) is 11.1. The molecule has 1 aliphatic heterocycles. The quantitative estimate of drug-likeness (QED) is 0.695. The first-order valence-corrected chi connectivity index (χ1v) is 13.0. The Bertz CT molecular complexity index is 799. The first-order valence-electron chi connectivity index (χ1n) is 13.0. The molecule has 0 aromatic rings. The molecule has 0 aromatic carbocycles. The van der Waals surface area contributed by atoms with E-state index in [-0.39, 0.29) is 17.1 Å². The van der Waals surface area contributed by atoms with Gasteiger partial charge in [-0.05, 0) is 97.4 Å². The van der Waals surface area contributed by atoms with Gasteiger partial charge in [0.05, 0.1) is 18.8 Å². The fourth-order valence-corrected chi connectivity index (χ4v) is 9.63. The molecule has 172 valence electrons. The van der Waals surface area contributed by atoms with Crippen molar-refractivity contribution >= 4 is 5.78 Å². The van der Waals surface area contributed by atoms with E-state index in [2.05, 4.69) is 20.8 Å². The SMILES string of the molecule is C[C@H]1CC2C(CC[C@@]3(C)C2[C@@H]2C[C@@H]2[C@@]3(O)CCC2OCCCO2)[C@@]2(C)CCC(=O)C=C12. The number of hydrogen-bond acceptors (Lipinski definition) is 4. The van der Waals surface area contributed by atoms with Crippen molar-refractivity contribution in [2.75, 3.05) is 13.2 Å². The molecule has 6 rings (SSSR count). The minimum Gasteiger partial charge on any atom is -0.389 e. The summed E-state index contributed by atoms with van der Waals surface area (Å²) < 4.78 is 11.6. The molecule has 1 saturated heterocycles. The average Bonchev–Trinajstić information content (AvgIpc) is 3.51. The number of carbonyl (C=O) groups is 1. The van der Waals surface area contributed by atoms with Crippen molar-refractivity contribution in [3.63, 3.8) is 0 Å². The summed E-state index contributed by atoms with van der Waals surface area (Å²) in [5, 5.41) is 12.2. The van der Waals surface area contributed by atoms with Gasteiger partial charge in [-0.1, -0.05) is 26.3 Å². The minimum atomic E-state index is -0.569. The second kappa shape index (κ2) is 6.90. The molecule has 0 bridgehead atoms. The Labute approximate surface area is 187 Å². The summed E-state index contributed by atoms with van der Waals surface area (Å²) in [4.78, 5) is 12.2. The number of hydrogen-bond donors (Lipinski definition) is 1. The second-order valence-electron chi connectivity index (χ2n) is 12.4. The van der Waals surface area contributed by atoms with Gasteiger partial charge >= 0.3 is 0 Å². The zero-order chi connectivity index (χ0) is 21.6. The lowest BCUT2D eigenvalue weighted by atomic mass is 9.44. The Morgan fingerprint density at radius 2 is 1.84 bits per heavy atom. The van der Waals surface area contributed by atoms with Crippen LogP contribution in [0.1, 0.15) is 78.6 Å².